The third-order valence-corrected chi connectivity index (χ3v) is 4.39. The van der Waals surface area contributed by atoms with Gasteiger partial charge in [0.1, 0.15) is 18.6 Å². The van der Waals surface area contributed by atoms with Gasteiger partial charge in [0.15, 0.2) is 0 Å². The first kappa shape index (κ1) is 17.2. The van der Waals surface area contributed by atoms with E-state index in [1.54, 1.807) is 12.1 Å². The molecule has 0 heterocycles. The summed E-state index contributed by atoms with van der Waals surface area (Å²) in [4.78, 5) is 11.2. The van der Waals surface area contributed by atoms with Crippen LogP contribution in [0.1, 0.15) is 32.6 Å². The van der Waals surface area contributed by atoms with E-state index in [2.05, 4.69) is 31.2 Å². The van der Waals surface area contributed by atoms with Crippen molar-refractivity contribution in [2.75, 3.05) is 0 Å². The van der Waals surface area contributed by atoms with Crippen molar-refractivity contribution in [1.82, 2.24) is 0 Å². The van der Waals surface area contributed by atoms with Gasteiger partial charge in [-0.3, -0.25) is 4.79 Å². The summed E-state index contributed by atoms with van der Waals surface area (Å²) < 4.78 is 6.00. The average Bonchev–Trinajstić information content (AvgIpc) is 2.64. The number of aldehydes is 1. The molecule has 0 atom stereocenters. The number of halogens is 1. The number of hydrogen-bond donors (Lipinski definition) is 0. The van der Waals surface area contributed by atoms with Crippen molar-refractivity contribution in [3.8, 4) is 5.75 Å². The van der Waals surface area contributed by atoms with Crippen LogP contribution < -0.4 is 4.74 Å². The molecule has 0 saturated heterocycles. The molecule has 0 saturated carbocycles. The van der Waals surface area contributed by atoms with Gasteiger partial charge in [0, 0.05) is 22.6 Å². The third kappa shape index (κ3) is 4.49. The largest absolute Gasteiger partial charge is 0.489 e. The Labute approximate surface area is 153 Å². The normalized spacial score (nSPS) is 10.5. The van der Waals surface area contributed by atoms with Crippen molar-refractivity contribution >= 4 is 17.9 Å². The maximum absolute atomic E-state index is 11.2. The van der Waals surface area contributed by atoms with Crippen LogP contribution in [0.15, 0.2) is 66.7 Å². The van der Waals surface area contributed by atoms with Crippen molar-refractivity contribution in [3.63, 3.8) is 0 Å². The monoisotopic (exact) mass is 350 g/mol. The molecule has 126 valence electrons. The van der Waals surface area contributed by atoms with Crippen LogP contribution in [0, 0.1) is 6.92 Å². The Balaban J connectivity index is 1.89. The van der Waals surface area contributed by atoms with Gasteiger partial charge in [0.2, 0.25) is 0 Å². The van der Waals surface area contributed by atoms with E-state index in [0.717, 1.165) is 23.0 Å². The van der Waals surface area contributed by atoms with Crippen LogP contribution in [0.3, 0.4) is 0 Å². The minimum atomic E-state index is 0.431. The van der Waals surface area contributed by atoms with Crippen LogP contribution in [-0.2, 0) is 13.0 Å². The molecule has 0 amide bonds. The second-order valence-corrected chi connectivity index (χ2v) is 6.44. The van der Waals surface area contributed by atoms with E-state index < -0.39 is 0 Å². The SMILES string of the molecule is Cc1ccc(Cc2c(Cl)cc(C=O)cc2OCc2ccccc2)cc1. The first-order valence-electron chi connectivity index (χ1n) is 8.15. The number of carbonyl (C=O) groups is 1. The summed E-state index contributed by atoms with van der Waals surface area (Å²) in [5.74, 6) is 0.652. The maximum Gasteiger partial charge on any atom is 0.150 e. The maximum atomic E-state index is 11.2. The number of benzene rings is 3. The Morgan fingerprint density at radius 1 is 0.960 bits per heavy atom. The van der Waals surface area contributed by atoms with Crippen LogP contribution in [0.25, 0.3) is 0 Å². The molecule has 0 aliphatic heterocycles. The average molecular weight is 351 g/mol. The lowest BCUT2D eigenvalue weighted by molar-refractivity contribution is 0.112. The van der Waals surface area contributed by atoms with E-state index in [0.29, 0.717) is 29.4 Å². The molecule has 0 fully saturated rings. The molecule has 0 bridgehead atoms. The first-order chi connectivity index (χ1) is 12.2. The Hall–Kier alpha value is -2.58. The van der Waals surface area contributed by atoms with Crippen molar-refractivity contribution in [2.24, 2.45) is 0 Å². The minimum absolute atomic E-state index is 0.431. The van der Waals surface area contributed by atoms with E-state index >= 15 is 0 Å². The molecule has 0 N–H and O–H groups in total. The summed E-state index contributed by atoms with van der Waals surface area (Å²) in [6.45, 7) is 2.49. The molecule has 0 radical (unpaired) electrons. The van der Waals surface area contributed by atoms with E-state index in [-0.39, 0.29) is 0 Å². The first-order valence-corrected chi connectivity index (χ1v) is 8.53. The summed E-state index contributed by atoms with van der Waals surface area (Å²) in [6, 6.07) is 21.7. The number of rotatable bonds is 6. The summed E-state index contributed by atoms with van der Waals surface area (Å²) >= 11 is 6.44. The standard InChI is InChI=1S/C22H19ClO2/c1-16-7-9-17(10-8-16)11-20-21(23)12-19(14-24)13-22(20)25-15-18-5-3-2-4-6-18/h2-10,12-14H,11,15H2,1H3. The number of ether oxygens (including phenoxy) is 1. The summed E-state index contributed by atoms with van der Waals surface area (Å²) in [6.07, 6.45) is 1.44. The molecule has 0 aliphatic carbocycles. The highest BCUT2D eigenvalue weighted by molar-refractivity contribution is 6.31. The molecule has 0 spiro atoms. The molecule has 25 heavy (non-hydrogen) atoms. The Kier molecular flexibility index (Phi) is 5.52. The second-order valence-electron chi connectivity index (χ2n) is 6.03. The minimum Gasteiger partial charge on any atom is -0.489 e. The van der Waals surface area contributed by atoms with Gasteiger partial charge in [-0.05, 0) is 30.2 Å². The lowest BCUT2D eigenvalue weighted by atomic mass is 10.0. The van der Waals surface area contributed by atoms with Crippen molar-refractivity contribution < 1.29 is 9.53 Å². The zero-order chi connectivity index (χ0) is 17.6. The zero-order valence-electron chi connectivity index (χ0n) is 14.0. The fourth-order valence-electron chi connectivity index (χ4n) is 2.65. The molecule has 0 aliphatic rings. The van der Waals surface area contributed by atoms with Crippen LogP contribution in [0.2, 0.25) is 5.02 Å². The Morgan fingerprint density at radius 2 is 1.68 bits per heavy atom. The van der Waals surface area contributed by atoms with Crippen LogP contribution >= 0.6 is 11.6 Å². The smallest absolute Gasteiger partial charge is 0.150 e. The second kappa shape index (κ2) is 8.00. The molecule has 3 heteroatoms. The van der Waals surface area contributed by atoms with E-state index in [4.69, 9.17) is 16.3 Å². The predicted molar refractivity (Wildman–Crippen MR) is 102 cm³/mol. The third-order valence-electron chi connectivity index (χ3n) is 4.05. The highest BCUT2D eigenvalue weighted by Gasteiger charge is 2.12. The summed E-state index contributed by atoms with van der Waals surface area (Å²) in [7, 11) is 0. The highest BCUT2D eigenvalue weighted by atomic mass is 35.5. The van der Waals surface area contributed by atoms with Crippen molar-refractivity contribution in [2.45, 2.75) is 20.0 Å². The van der Waals surface area contributed by atoms with Gasteiger partial charge in [-0.25, -0.2) is 0 Å². The van der Waals surface area contributed by atoms with Crippen LogP contribution in [-0.4, -0.2) is 6.29 Å². The topological polar surface area (TPSA) is 26.3 Å². The lowest BCUT2D eigenvalue weighted by Gasteiger charge is -2.14. The van der Waals surface area contributed by atoms with Crippen LogP contribution in [0.5, 0.6) is 5.75 Å². The lowest BCUT2D eigenvalue weighted by Crippen LogP contribution is -2.01. The van der Waals surface area contributed by atoms with Gasteiger partial charge in [0.05, 0.1) is 0 Å². The molecule has 3 aromatic carbocycles. The van der Waals surface area contributed by atoms with Gasteiger partial charge in [-0.1, -0.05) is 71.8 Å². The summed E-state index contributed by atoms with van der Waals surface area (Å²) in [5.41, 5.74) is 4.84. The predicted octanol–water partition coefficient (Wildman–Crippen LogP) is 5.63. The fourth-order valence-corrected chi connectivity index (χ4v) is 2.93. The highest BCUT2D eigenvalue weighted by Crippen LogP contribution is 2.31. The van der Waals surface area contributed by atoms with Crippen molar-refractivity contribution in [3.05, 3.63) is 99.6 Å². The van der Waals surface area contributed by atoms with Gasteiger partial charge in [0.25, 0.3) is 0 Å². The number of carbonyl (C=O) groups excluding carboxylic acids is 1. The van der Waals surface area contributed by atoms with Gasteiger partial charge in [-0.15, -0.1) is 0 Å². The molecule has 0 aromatic heterocycles. The Bertz CT molecular complexity index is 855. The van der Waals surface area contributed by atoms with E-state index in [1.165, 1.54) is 5.56 Å². The van der Waals surface area contributed by atoms with Gasteiger partial charge in [-0.2, -0.15) is 0 Å². The molecule has 0 unspecified atom stereocenters. The molecule has 3 aromatic rings. The fraction of sp³-hybridized carbons (Fsp3) is 0.136. The zero-order valence-corrected chi connectivity index (χ0v) is 14.8. The quantitative estimate of drug-likeness (QED) is 0.538. The van der Waals surface area contributed by atoms with Crippen LogP contribution in [0.4, 0.5) is 0 Å². The van der Waals surface area contributed by atoms with E-state index in [1.807, 2.05) is 30.3 Å². The summed E-state index contributed by atoms with van der Waals surface area (Å²) in [5, 5.41) is 0.549. The molecule has 3 rings (SSSR count). The van der Waals surface area contributed by atoms with Crippen molar-refractivity contribution in [1.29, 1.82) is 0 Å². The van der Waals surface area contributed by atoms with Gasteiger partial charge < -0.3 is 4.74 Å². The van der Waals surface area contributed by atoms with E-state index in [9.17, 15) is 4.79 Å². The molecular formula is C22H19ClO2. The Morgan fingerprint density at radius 3 is 2.36 bits per heavy atom. The van der Waals surface area contributed by atoms with Gasteiger partial charge >= 0.3 is 0 Å². The molecular weight excluding hydrogens is 332 g/mol. The number of aryl methyl sites for hydroxylation is 1. The number of hydrogen-bond acceptors (Lipinski definition) is 2. The molecule has 2 nitrogen and oxygen atoms in total.